The highest BCUT2D eigenvalue weighted by molar-refractivity contribution is 6.58. The van der Waals surface area contributed by atoms with E-state index in [9.17, 15) is 17.6 Å². The summed E-state index contributed by atoms with van der Waals surface area (Å²) in [5.41, 5.74) is -0.412. The van der Waals surface area contributed by atoms with Gasteiger partial charge >= 0.3 is 6.18 Å². The van der Waals surface area contributed by atoms with Crippen LogP contribution in [0.5, 0.6) is 0 Å². The van der Waals surface area contributed by atoms with Crippen molar-refractivity contribution < 1.29 is 17.6 Å². The fourth-order valence-corrected chi connectivity index (χ4v) is 9.78. The fraction of sp³-hybridized carbons (Fsp3) is 0.778. The SMILES string of the molecule is CCCCC[SiH]1CCC(CCCC[C@H]2CC[C@H](c3ccc(C(F)(F)F)c(F)c3)CC2)CC1. The van der Waals surface area contributed by atoms with E-state index in [-0.39, 0.29) is 14.7 Å². The Morgan fingerprint density at radius 1 is 0.844 bits per heavy atom. The van der Waals surface area contributed by atoms with E-state index in [0.717, 1.165) is 55.2 Å². The molecule has 0 spiro atoms. The summed E-state index contributed by atoms with van der Waals surface area (Å²) in [6, 6.07) is 8.28. The molecule has 0 nitrogen and oxygen atoms in total. The lowest BCUT2D eigenvalue weighted by atomic mass is 9.76. The number of rotatable bonds is 10. The zero-order chi connectivity index (χ0) is 23.0. The second kappa shape index (κ2) is 12.6. The highest BCUT2D eigenvalue weighted by Crippen LogP contribution is 2.40. The molecule has 1 saturated heterocycles. The number of hydrogen-bond acceptors (Lipinski definition) is 0. The average Bonchev–Trinajstić information content (AvgIpc) is 2.77. The molecular formula is C27H42F4Si. The molecular weight excluding hydrogens is 428 g/mol. The molecule has 1 aromatic carbocycles. The van der Waals surface area contributed by atoms with Gasteiger partial charge < -0.3 is 0 Å². The van der Waals surface area contributed by atoms with Crippen LogP contribution in [0.25, 0.3) is 0 Å². The van der Waals surface area contributed by atoms with Crippen LogP contribution in [0.2, 0.25) is 18.1 Å². The van der Waals surface area contributed by atoms with Crippen molar-refractivity contribution in [1.82, 2.24) is 0 Å². The van der Waals surface area contributed by atoms with Crippen molar-refractivity contribution in [3.63, 3.8) is 0 Å². The van der Waals surface area contributed by atoms with Gasteiger partial charge in [-0.1, -0.05) is 88.9 Å². The highest BCUT2D eigenvalue weighted by Gasteiger charge is 2.34. The zero-order valence-corrected chi connectivity index (χ0v) is 21.0. The van der Waals surface area contributed by atoms with Crippen LogP contribution >= 0.6 is 0 Å². The lowest BCUT2D eigenvalue weighted by molar-refractivity contribution is -0.140. The predicted molar refractivity (Wildman–Crippen MR) is 128 cm³/mol. The molecule has 1 aromatic rings. The molecule has 0 N–H and O–H groups in total. The van der Waals surface area contributed by atoms with Crippen LogP contribution in [0.1, 0.15) is 107 Å². The zero-order valence-electron chi connectivity index (χ0n) is 19.9. The normalized spacial score (nSPS) is 26.9. The summed E-state index contributed by atoms with van der Waals surface area (Å²) >= 11 is 0. The molecule has 182 valence electrons. The average molecular weight is 471 g/mol. The van der Waals surface area contributed by atoms with E-state index in [1.807, 2.05) is 0 Å². The van der Waals surface area contributed by atoms with Crippen molar-refractivity contribution >= 4 is 8.80 Å². The Morgan fingerprint density at radius 3 is 2.03 bits per heavy atom. The minimum atomic E-state index is -4.61. The van der Waals surface area contributed by atoms with Crippen LogP contribution in [0.15, 0.2) is 18.2 Å². The number of benzene rings is 1. The number of alkyl halides is 3. The first-order chi connectivity index (χ1) is 15.4. The molecule has 2 fully saturated rings. The lowest BCUT2D eigenvalue weighted by Gasteiger charge is -2.30. The van der Waals surface area contributed by atoms with Gasteiger partial charge in [0.2, 0.25) is 0 Å². The molecule has 1 aliphatic heterocycles. The van der Waals surface area contributed by atoms with E-state index in [1.54, 1.807) is 18.1 Å². The molecule has 0 radical (unpaired) electrons. The Labute approximate surface area is 194 Å². The third-order valence-corrected chi connectivity index (χ3v) is 11.8. The van der Waals surface area contributed by atoms with E-state index < -0.39 is 17.6 Å². The first kappa shape index (κ1) is 25.8. The highest BCUT2D eigenvalue weighted by atomic mass is 28.3. The first-order valence-electron chi connectivity index (χ1n) is 13.2. The van der Waals surface area contributed by atoms with Crippen molar-refractivity contribution in [3.8, 4) is 0 Å². The minimum Gasteiger partial charge on any atom is -0.206 e. The summed E-state index contributed by atoms with van der Waals surface area (Å²) in [7, 11) is -0.387. The predicted octanol–water partition coefficient (Wildman–Crippen LogP) is 9.51. The number of halogens is 4. The second-order valence-corrected chi connectivity index (χ2v) is 14.1. The molecule has 1 saturated carbocycles. The summed E-state index contributed by atoms with van der Waals surface area (Å²) in [6.07, 6.45) is 12.2. The molecule has 0 aromatic heterocycles. The maximum Gasteiger partial charge on any atom is 0.419 e. The van der Waals surface area contributed by atoms with Gasteiger partial charge in [-0.25, -0.2) is 4.39 Å². The molecule has 5 heteroatoms. The van der Waals surface area contributed by atoms with Crippen LogP contribution in [0, 0.1) is 17.7 Å². The van der Waals surface area contributed by atoms with Gasteiger partial charge in [-0.15, -0.1) is 0 Å². The van der Waals surface area contributed by atoms with Crippen molar-refractivity contribution in [2.45, 2.75) is 121 Å². The maximum atomic E-state index is 13.9. The molecule has 0 atom stereocenters. The van der Waals surface area contributed by atoms with E-state index in [4.69, 9.17) is 0 Å². The van der Waals surface area contributed by atoms with Gasteiger partial charge in [0, 0.05) is 8.80 Å². The van der Waals surface area contributed by atoms with Crippen molar-refractivity contribution in [2.24, 2.45) is 11.8 Å². The second-order valence-electron chi connectivity index (χ2n) is 10.6. The molecule has 0 unspecified atom stereocenters. The lowest BCUT2D eigenvalue weighted by Crippen LogP contribution is -2.21. The number of unbranched alkanes of at least 4 members (excludes halogenated alkanes) is 3. The standard InChI is InChI=1S/C27H42F4Si/c1-2-3-6-17-32-18-15-22(16-19-32)8-5-4-7-21-9-11-23(12-10-21)24-13-14-25(26(28)20-24)27(29,30)31/h13-14,20-23,32H,2-12,15-19H2,1H3/t21-,22?,23-,32?. The van der Waals surface area contributed by atoms with Gasteiger partial charge in [0.1, 0.15) is 5.82 Å². The largest absolute Gasteiger partial charge is 0.419 e. The molecule has 32 heavy (non-hydrogen) atoms. The Balaban J connectivity index is 1.29. The maximum absolute atomic E-state index is 13.9. The molecule has 0 bridgehead atoms. The van der Waals surface area contributed by atoms with Gasteiger partial charge in [-0.3, -0.25) is 0 Å². The third kappa shape index (κ3) is 7.88. The third-order valence-electron chi connectivity index (χ3n) is 8.27. The van der Waals surface area contributed by atoms with E-state index in [1.165, 1.54) is 63.9 Å². The molecule has 1 aliphatic carbocycles. The molecule has 0 amide bonds. The minimum absolute atomic E-state index is 0.208. The van der Waals surface area contributed by atoms with E-state index in [0.29, 0.717) is 0 Å². The van der Waals surface area contributed by atoms with Gasteiger partial charge in [-0.2, -0.15) is 13.2 Å². The smallest absolute Gasteiger partial charge is 0.206 e. The topological polar surface area (TPSA) is 0 Å². The van der Waals surface area contributed by atoms with Gasteiger partial charge in [-0.05, 0) is 61.1 Å². The van der Waals surface area contributed by atoms with Crippen LogP contribution < -0.4 is 0 Å². The first-order valence-corrected chi connectivity index (χ1v) is 15.7. The molecule has 1 heterocycles. The van der Waals surface area contributed by atoms with Gasteiger partial charge in [0.25, 0.3) is 0 Å². The quantitative estimate of drug-likeness (QED) is 0.181. The summed E-state index contributed by atoms with van der Waals surface area (Å²) in [5.74, 6) is 0.803. The monoisotopic (exact) mass is 470 g/mol. The summed E-state index contributed by atoms with van der Waals surface area (Å²) in [6.45, 7) is 2.30. The summed E-state index contributed by atoms with van der Waals surface area (Å²) in [5, 5.41) is 0. The van der Waals surface area contributed by atoms with Gasteiger partial charge in [0.05, 0.1) is 5.56 Å². The van der Waals surface area contributed by atoms with Crippen LogP contribution in [0.3, 0.4) is 0 Å². The van der Waals surface area contributed by atoms with Crippen molar-refractivity contribution in [3.05, 3.63) is 35.1 Å². The van der Waals surface area contributed by atoms with Crippen LogP contribution in [-0.2, 0) is 6.18 Å². The van der Waals surface area contributed by atoms with Gasteiger partial charge in [0.15, 0.2) is 0 Å². The van der Waals surface area contributed by atoms with Crippen molar-refractivity contribution in [1.29, 1.82) is 0 Å². The molecule has 2 aliphatic rings. The fourth-order valence-electron chi connectivity index (χ4n) is 6.16. The van der Waals surface area contributed by atoms with Crippen LogP contribution in [0.4, 0.5) is 17.6 Å². The Hall–Kier alpha value is -0.843. The summed E-state index contributed by atoms with van der Waals surface area (Å²) in [4.78, 5) is 0. The Morgan fingerprint density at radius 2 is 1.47 bits per heavy atom. The number of hydrogen-bond donors (Lipinski definition) is 0. The van der Waals surface area contributed by atoms with Crippen molar-refractivity contribution in [2.75, 3.05) is 0 Å². The van der Waals surface area contributed by atoms with E-state index >= 15 is 0 Å². The van der Waals surface area contributed by atoms with E-state index in [2.05, 4.69) is 6.92 Å². The Kier molecular flexibility index (Phi) is 10.1. The Bertz CT molecular complexity index is 671. The molecule has 3 rings (SSSR count). The summed E-state index contributed by atoms with van der Waals surface area (Å²) < 4.78 is 52.2. The van der Waals surface area contributed by atoms with Crippen LogP contribution in [-0.4, -0.2) is 8.80 Å².